The standard InChI is InChI=1S/C15H23NOSSi/c1-11-7-8-13-12(9-11)16-14(18-13)10-17-19(5,6)15(2,3)4/h7-9H,10H2,1-6H3. The Morgan fingerprint density at radius 2 is 1.95 bits per heavy atom. The molecule has 1 aromatic heterocycles. The molecule has 0 saturated carbocycles. The van der Waals surface area contributed by atoms with Gasteiger partial charge in [0.15, 0.2) is 8.32 Å². The van der Waals surface area contributed by atoms with Gasteiger partial charge in [-0.15, -0.1) is 11.3 Å². The normalized spacial score (nSPS) is 13.2. The molecule has 0 N–H and O–H groups in total. The van der Waals surface area contributed by atoms with E-state index < -0.39 is 8.32 Å². The van der Waals surface area contributed by atoms with Crippen LogP contribution in [0.25, 0.3) is 10.2 Å². The summed E-state index contributed by atoms with van der Waals surface area (Å²) in [6, 6.07) is 6.43. The SMILES string of the molecule is Cc1ccc2sc(CO[Si](C)(C)C(C)(C)C)nc2c1. The summed E-state index contributed by atoms with van der Waals surface area (Å²) in [4.78, 5) is 4.67. The average molecular weight is 294 g/mol. The Morgan fingerprint density at radius 1 is 1.26 bits per heavy atom. The molecule has 0 saturated heterocycles. The van der Waals surface area contributed by atoms with Crippen LogP contribution in [0.1, 0.15) is 31.3 Å². The lowest BCUT2D eigenvalue weighted by Crippen LogP contribution is -2.40. The first kappa shape index (κ1) is 14.7. The third kappa shape index (κ3) is 3.24. The van der Waals surface area contributed by atoms with E-state index in [0.717, 1.165) is 10.5 Å². The average Bonchev–Trinajstić information content (AvgIpc) is 2.67. The second kappa shape index (κ2) is 5.00. The van der Waals surface area contributed by atoms with E-state index in [1.165, 1.54) is 10.3 Å². The summed E-state index contributed by atoms with van der Waals surface area (Å²) in [6.07, 6.45) is 0. The number of hydrogen-bond donors (Lipinski definition) is 0. The van der Waals surface area contributed by atoms with Crippen molar-refractivity contribution in [2.75, 3.05) is 0 Å². The Morgan fingerprint density at radius 3 is 2.58 bits per heavy atom. The molecule has 2 aromatic rings. The van der Waals surface area contributed by atoms with Crippen LogP contribution in [0, 0.1) is 6.92 Å². The molecule has 0 aliphatic rings. The summed E-state index contributed by atoms with van der Waals surface area (Å²) < 4.78 is 7.48. The Kier molecular flexibility index (Phi) is 3.87. The van der Waals surface area contributed by atoms with Gasteiger partial charge in [0.2, 0.25) is 0 Å². The number of thiazole rings is 1. The van der Waals surface area contributed by atoms with Crippen LogP contribution in [-0.4, -0.2) is 13.3 Å². The maximum absolute atomic E-state index is 6.23. The lowest BCUT2D eigenvalue weighted by molar-refractivity contribution is 0.276. The molecule has 19 heavy (non-hydrogen) atoms. The fourth-order valence-electron chi connectivity index (χ4n) is 1.61. The maximum atomic E-state index is 6.23. The monoisotopic (exact) mass is 293 g/mol. The highest BCUT2D eigenvalue weighted by molar-refractivity contribution is 7.18. The van der Waals surface area contributed by atoms with Crippen molar-refractivity contribution in [1.29, 1.82) is 0 Å². The minimum Gasteiger partial charge on any atom is -0.410 e. The highest BCUT2D eigenvalue weighted by atomic mass is 32.1. The Bertz CT molecular complexity index is 583. The maximum Gasteiger partial charge on any atom is 0.192 e. The van der Waals surface area contributed by atoms with Gasteiger partial charge in [-0.3, -0.25) is 0 Å². The van der Waals surface area contributed by atoms with Crippen LogP contribution in [0.3, 0.4) is 0 Å². The molecule has 1 aromatic carbocycles. The van der Waals surface area contributed by atoms with Crippen molar-refractivity contribution in [2.24, 2.45) is 0 Å². The zero-order valence-corrected chi connectivity index (χ0v) is 14.5. The van der Waals surface area contributed by atoms with Crippen molar-refractivity contribution in [3.63, 3.8) is 0 Å². The van der Waals surface area contributed by atoms with Gasteiger partial charge >= 0.3 is 0 Å². The predicted octanol–water partition coefficient (Wildman–Crippen LogP) is 5.13. The summed E-state index contributed by atoms with van der Waals surface area (Å²) in [5.74, 6) is 0. The van der Waals surface area contributed by atoms with Crippen LogP contribution < -0.4 is 0 Å². The van der Waals surface area contributed by atoms with Crippen LogP contribution in [-0.2, 0) is 11.0 Å². The summed E-state index contributed by atoms with van der Waals surface area (Å²) in [5.41, 5.74) is 2.36. The second-order valence-corrected chi connectivity index (χ2v) is 12.6. The molecule has 4 heteroatoms. The molecule has 0 fully saturated rings. The molecule has 0 amide bonds. The van der Waals surface area contributed by atoms with Crippen molar-refractivity contribution in [3.05, 3.63) is 28.8 Å². The zero-order valence-electron chi connectivity index (χ0n) is 12.7. The molecule has 2 rings (SSSR count). The molecular weight excluding hydrogens is 270 g/mol. The van der Waals surface area contributed by atoms with E-state index in [-0.39, 0.29) is 5.04 Å². The molecule has 0 atom stereocenters. The van der Waals surface area contributed by atoms with Crippen LogP contribution in [0.4, 0.5) is 0 Å². The lowest BCUT2D eigenvalue weighted by atomic mass is 10.2. The highest BCUT2D eigenvalue weighted by Crippen LogP contribution is 2.37. The fourth-order valence-corrected chi connectivity index (χ4v) is 3.50. The summed E-state index contributed by atoms with van der Waals surface area (Å²) in [6.45, 7) is 14.1. The van der Waals surface area contributed by atoms with E-state index in [9.17, 15) is 0 Å². The van der Waals surface area contributed by atoms with E-state index in [4.69, 9.17) is 4.43 Å². The Hall–Kier alpha value is -0.713. The van der Waals surface area contributed by atoms with E-state index in [0.29, 0.717) is 6.61 Å². The van der Waals surface area contributed by atoms with E-state index >= 15 is 0 Å². The number of aromatic nitrogens is 1. The first-order valence-corrected chi connectivity index (χ1v) is 10.4. The molecule has 0 aliphatic carbocycles. The van der Waals surface area contributed by atoms with Crippen molar-refractivity contribution >= 4 is 29.9 Å². The lowest BCUT2D eigenvalue weighted by Gasteiger charge is -2.35. The van der Waals surface area contributed by atoms with E-state index in [2.05, 4.69) is 64.0 Å². The van der Waals surface area contributed by atoms with Crippen LogP contribution >= 0.6 is 11.3 Å². The van der Waals surface area contributed by atoms with Gasteiger partial charge in [-0.05, 0) is 42.8 Å². The van der Waals surface area contributed by atoms with Crippen molar-refractivity contribution in [2.45, 2.75) is 52.4 Å². The Balaban J connectivity index is 2.14. The van der Waals surface area contributed by atoms with Crippen LogP contribution in [0.5, 0.6) is 0 Å². The molecule has 0 unspecified atom stereocenters. The molecule has 0 spiro atoms. The number of rotatable bonds is 3. The molecule has 0 radical (unpaired) electrons. The van der Waals surface area contributed by atoms with Gasteiger partial charge in [-0.25, -0.2) is 4.98 Å². The third-order valence-corrected chi connectivity index (χ3v) is 9.44. The second-order valence-electron chi connectivity index (χ2n) is 6.63. The largest absolute Gasteiger partial charge is 0.410 e. The highest BCUT2D eigenvalue weighted by Gasteiger charge is 2.37. The minimum atomic E-state index is -1.68. The van der Waals surface area contributed by atoms with Gasteiger partial charge in [0.05, 0.1) is 16.8 Å². The number of aryl methyl sites for hydroxylation is 1. The first-order chi connectivity index (χ1) is 8.69. The summed E-state index contributed by atoms with van der Waals surface area (Å²) in [7, 11) is -1.68. The number of benzene rings is 1. The molecule has 104 valence electrons. The van der Waals surface area contributed by atoms with Crippen molar-refractivity contribution in [3.8, 4) is 0 Å². The molecular formula is C15H23NOSSi. The van der Waals surface area contributed by atoms with Gasteiger partial charge < -0.3 is 4.43 Å². The molecule has 0 bridgehead atoms. The van der Waals surface area contributed by atoms with Crippen molar-refractivity contribution in [1.82, 2.24) is 4.98 Å². The zero-order chi connectivity index (χ0) is 14.3. The fraction of sp³-hybridized carbons (Fsp3) is 0.533. The van der Waals surface area contributed by atoms with Crippen LogP contribution in [0.2, 0.25) is 18.1 Å². The van der Waals surface area contributed by atoms with E-state index in [1.807, 2.05) is 0 Å². The number of hydrogen-bond acceptors (Lipinski definition) is 3. The van der Waals surface area contributed by atoms with E-state index in [1.54, 1.807) is 11.3 Å². The summed E-state index contributed by atoms with van der Waals surface area (Å²) in [5, 5.41) is 1.34. The van der Waals surface area contributed by atoms with Gasteiger partial charge in [-0.2, -0.15) is 0 Å². The molecule has 0 aliphatic heterocycles. The predicted molar refractivity (Wildman–Crippen MR) is 86.3 cm³/mol. The first-order valence-electron chi connectivity index (χ1n) is 6.69. The number of nitrogens with zero attached hydrogens (tertiary/aromatic N) is 1. The number of fused-ring (bicyclic) bond motifs is 1. The minimum absolute atomic E-state index is 0.250. The van der Waals surface area contributed by atoms with Crippen LogP contribution in [0.15, 0.2) is 18.2 Å². The topological polar surface area (TPSA) is 22.1 Å². The summed E-state index contributed by atoms with van der Waals surface area (Å²) >= 11 is 1.74. The van der Waals surface area contributed by atoms with Gasteiger partial charge in [0.1, 0.15) is 5.01 Å². The van der Waals surface area contributed by atoms with Crippen molar-refractivity contribution < 1.29 is 4.43 Å². The van der Waals surface area contributed by atoms with Gasteiger partial charge in [-0.1, -0.05) is 26.8 Å². The van der Waals surface area contributed by atoms with Gasteiger partial charge in [0.25, 0.3) is 0 Å². The molecule has 1 heterocycles. The quantitative estimate of drug-likeness (QED) is 0.732. The molecule has 2 nitrogen and oxygen atoms in total. The third-order valence-electron chi connectivity index (χ3n) is 3.95. The van der Waals surface area contributed by atoms with Gasteiger partial charge in [0, 0.05) is 0 Å². The Labute approximate surface area is 121 Å². The smallest absolute Gasteiger partial charge is 0.192 e.